The fraction of sp³-hybridized carbons (Fsp3) is 0.471. The second-order valence-corrected chi connectivity index (χ2v) is 5.64. The largest absolute Gasteiger partial charge is 0.490 e. The lowest BCUT2D eigenvalue weighted by Gasteiger charge is -2.18. The van der Waals surface area contributed by atoms with Gasteiger partial charge in [-0.05, 0) is 26.0 Å². The number of terminal acetylenes is 1. The quantitative estimate of drug-likeness (QED) is 0.399. The van der Waals surface area contributed by atoms with Gasteiger partial charge in [-0.15, -0.1) is 16.7 Å². The molecule has 1 aromatic carbocycles. The molecule has 0 bridgehead atoms. The average Bonchev–Trinajstić information content (AvgIpc) is 3.35. The maximum absolute atomic E-state index is 13.2. The molecule has 0 radical (unpaired) electrons. The molecule has 0 aliphatic carbocycles. The van der Waals surface area contributed by atoms with Crippen molar-refractivity contribution in [2.45, 2.75) is 31.8 Å². The van der Waals surface area contributed by atoms with Gasteiger partial charge in [0.05, 0.1) is 12.7 Å². The van der Waals surface area contributed by atoms with Crippen LogP contribution in [0.3, 0.4) is 0 Å². The molecule has 0 amide bonds. The Hall–Kier alpha value is -2.60. The van der Waals surface area contributed by atoms with Crippen LogP contribution in [0.5, 0.6) is 5.75 Å². The van der Waals surface area contributed by atoms with Crippen LogP contribution >= 0.6 is 0 Å². The van der Waals surface area contributed by atoms with E-state index >= 15 is 0 Å². The normalized spacial score (nSPS) is 14.8. The minimum Gasteiger partial charge on any atom is -0.490 e. The molecular weight excluding hydrogens is 353 g/mol. The molecule has 0 fully saturated rings. The van der Waals surface area contributed by atoms with Crippen molar-refractivity contribution in [1.29, 1.82) is 0 Å². The maximum atomic E-state index is 13.2. The van der Waals surface area contributed by atoms with E-state index in [1.165, 1.54) is 6.07 Å². The molecular formula is C17H17F3N2O4. The summed E-state index contributed by atoms with van der Waals surface area (Å²) >= 11 is 0. The van der Waals surface area contributed by atoms with E-state index in [2.05, 4.69) is 16.1 Å². The summed E-state index contributed by atoms with van der Waals surface area (Å²) in [5, 5.41) is 6.28. The molecule has 0 spiro atoms. The highest BCUT2D eigenvalue weighted by molar-refractivity contribution is 5.92. The summed E-state index contributed by atoms with van der Waals surface area (Å²) in [5.41, 5.74) is -2.85. The zero-order chi connectivity index (χ0) is 19.4. The van der Waals surface area contributed by atoms with E-state index in [4.69, 9.17) is 20.6 Å². The monoisotopic (exact) mass is 370 g/mol. The number of carbonyl (C=O) groups is 1. The standard InChI is InChI=1S/C17H17F3N2O4/c1-4-7-24-8-9-25-14-10-12(16(21-22-16)17(18,19)20)5-6-13(14)15(23)26-11(2)3/h1,5-6,10-11H,7-9H2,2-3H3. The number of esters is 1. The first-order valence-corrected chi connectivity index (χ1v) is 7.71. The number of hydrogen-bond donors (Lipinski definition) is 0. The highest BCUT2D eigenvalue weighted by atomic mass is 19.4. The number of ether oxygens (including phenoxy) is 3. The van der Waals surface area contributed by atoms with Crippen LogP contribution in [0.1, 0.15) is 29.8 Å². The van der Waals surface area contributed by atoms with Gasteiger partial charge in [0, 0.05) is 5.56 Å². The second kappa shape index (κ2) is 7.74. The Morgan fingerprint density at radius 3 is 2.54 bits per heavy atom. The third-order valence-electron chi connectivity index (χ3n) is 3.31. The summed E-state index contributed by atoms with van der Waals surface area (Å²) in [6, 6.07) is 3.42. The van der Waals surface area contributed by atoms with Crippen molar-refractivity contribution in [3.63, 3.8) is 0 Å². The SMILES string of the molecule is C#CCOCCOc1cc(C2(C(F)(F)F)N=N2)ccc1C(=O)OC(C)C. The lowest BCUT2D eigenvalue weighted by molar-refractivity contribution is -0.166. The van der Waals surface area contributed by atoms with E-state index in [9.17, 15) is 18.0 Å². The van der Waals surface area contributed by atoms with E-state index in [-0.39, 0.29) is 36.7 Å². The van der Waals surface area contributed by atoms with Gasteiger partial charge in [0.15, 0.2) is 0 Å². The maximum Gasteiger partial charge on any atom is 0.442 e. The van der Waals surface area contributed by atoms with Crippen molar-refractivity contribution < 1.29 is 32.2 Å². The molecule has 1 aliphatic rings. The van der Waals surface area contributed by atoms with Crippen molar-refractivity contribution in [1.82, 2.24) is 0 Å². The van der Waals surface area contributed by atoms with Crippen LogP contribution in [0.2, 0.25) is 0 Å². The zero-order valence-corrected chi connectivity index (χ0v) is 14.2. The summed E-state index contributed by atoms with van der Waals surface area (Å²) in [4.78, 5) is 12.2. The first-order chi connectivity index (χ1) is 12.2. The lowest BCUT2D eigenvalue weighted by Crippen LogP contribution is -2.30. The molecule has 0 saturated heterocycles. The molecule has 9 heteroatoms. The molecule has 1 heterocycles. The highest BCUT2D eigenvalue weighted by Crippen LogP contribution is 2.53. The van der Waals surface area contributed by atoms with Crippen LogP contribution in [0.4, 0.5) is 13.2 Å². The van der Waals surface area contributed by atoms with Crippen LogP contribution in [-0.4, -0.2) is 38.1 Å². The molecule has 0 N–H and O–H groups in total. The van der Waals surface area contributed by atoms with Crippen LogP contribution < -0.4 is 4.74 Å². The van der Waals surface area contributed by atoms with Gasteiger partial charge in [-0.3, -0.25) is 0 Å². The third kappa shape index (κ3) is 4.32. The van der Waals surface area contributed by atoms with Gasteiger partial charge < -0.3 is 14.2 Å². The Morgan fingerprint density at radius 2 is 2.00 bits per heavy atom. The number of hydrogen-bond acceptors (Lipinski definition) is 6. The predicted octanol–water partition coefficient (Wildman–Crippen LogP) is 3.46. The molecule has 140 valence electrons. The third-order valence-corrected chi connectivity index (χ3v) is 3.31. The van der Waals surface area contributed by atoms with Crippen molar-refractivity contribution >= 4 is 5.97 Å². The molecule has 1 aliphatic heterocycles. The number of nitrogens with zero attached hydrogens (tertiary/aromatic N) is 2. The van der Waals surface area contributed by atoms with Gasteiger partial charge in [-0.25, -0.2) is 4.79 Å². The smallest absolute Gasteiger partial charge is 0.442 e. The molecule has 0 aromatic heterocycles. The van der Waals surface area contributed by atoms with Crippen molar-refractivity contribution in [2.24, 2.45) is 10.2 Å². The fourth-order valence-electron chi connectivity index (χ4n) is 2.09. The zero-order valence-electron chi connectivity index (χ0n) is 14.2. The van der Waals surface area contributed by atoms with Crippen LogP contribution in [-0.2, 0) is 15.1 Å². The molecule has 26 heavy (non-hydrogen) atoms. The van der Waals surface area contributed by atoms with Crippen LogP contribution in [0.25, 0.3) is 0 Å². The van der Waals surface area contributed by atoms with Crippen molar-refractivity contribution in [3.05, 3.63) is 29.3 Å². The Kier molecular flexibility index (Phi) is 5.87. The number of carbonyl (C=O) groups excluding carboxylic acids is 1. The predicted molar refractivity (Wildman–Crippen MR) is 84.7 cm³/mol. The minimum atomic E-state index is -4.68. The second-order valence-electron chi connectivity index (χ2n) is 5.64. The molecule has 1 aromatic rings. The van der Waals surface area contributed by atoms with Gasteiger partial charge in [-0.1, -0.05) is 12.0 Å². The van der Waals surface area contributed by atoms with E-state index in [0.717, 1.165) is 12.1 Å². The lowest BCUT2D eigenvalue weighted by atomic mass is 10.0. The minimum absolute atomic E-state index is 0.00243. The topological polar surface area (TPSA) is 69.5 Å². The Balaban J connectivity index is 2.25. The summed E-state index contributed by atoms with van der Waals surface area (Å²) in [6.07, 6.45) is -0.0365. The fourth-order valence-corrected chi connectivity index (χ4v) is 2.09. The van der Waals surface area contributed by atoms with E-state index in [1.807, 2.05) is 0 Å². The van der Waals surface area contributed by atoms with E-state index in [1.54, 1.807) is 13.8 Å². The Labute approximate surface area is 148 Å². The first-order valence-electron chi connectivity index (χ1n) is 7.71. The van der Waals surface area contributed by atoms with Gasteiger partial charge in [0.25, 0.3) is 0 Å². The summed E-state index contributed by atoms with van der Waals surface area (Å²) in [5.74, 6) is 1.49. The van der Waals surface area contributed by atoms with Gasteiger partial charge >= 0.3 is 17.8 Å². The molecule has 0 unspecified atom stereocenters. The van der Waals surface area contributed by atoms with E-state index < -0.39 is 23.9 Å². The van der Waals surface area contributed by atoms with Crippen molar-refractivity contribution in [2.75, 3.05) is 19.8 Å². The van der Waals surface area contributed by atoms with Crippen molar-refractivity contribution in [3.8, 4) is 18.1 Å². The van der Waals surface area contributed by atoms with Gasteiger partial charge in [0.1, 0.15) is 24.5 Å². The molecule has 0 saturated carbocycles. The number of alkyl halides is 3. The van der Waals surface area contributed by atoms with Gasteiger partial charge in [-0.2, -0.15) is 13.2 Å². The number of halogens is 3. The average molecular weight is 370 g/mol. The highest BCUT2D eigenvalue weighted by Gasteiger charge is 2.65. The summed E-state index contributed by atoms with van der Waals surface area (Å²) in [7, 11) is 0. The van der Waals surface area contributed by atoms with Crippen LogP contribution in [0.15, 0.2) is 28.4 Å². The van der Waals surface area contributed by atoms with Gasteiger partial charge in [0.2, 0.25) is 0 Å². The molecule has 2 rings (SSSR count). The summed E-state index contributed by atoms with van der Waals surface area (Å²) < 4.78 is 55.1. The number of benzene rings is 1. The van der Waals surface area contributed by atoms with E-state index in [0.29, 0.717) is 0 Å². The number of rotatable bonds is 8. The summed E-state index contributed by atoms with van der Waals surface area (Å²) in [6.45, 7) is 3.47. The first kappa shape index (κ1) is 19.7. The molecule has 6 nitrogen and oxygen atoms in total. The Morgan fingerprint density at radius 1 is 1.31 bits per heavy atom. The van der Waals surface area contributed by atoms with Crippen LogP contribution in [0, 0.1) is 12.3 Å². The Bertz CT molecular complexity index is 733. The molecule has 0 atom stereocenters.